The molecular formula is C12H14FN3. The van der Waals surface area contributed by atoms with Gasteiger partial charge in [0.15, 0.2) is 0 Å². The van der Waals surface area contributed by atoms with Gasteiger partial charge in [-0.25, -0.2) is 9.37 Å². The SMILES string of the molecule is Fc1cnc2[nH]c(C3CCCNC3)cc2c1. The second kappa shape index (κ2) is 3.87. The van der Waals surface area contributed by atoms with Crippen LogP contribution in [0.1, 0.15) is 24.5 Å². The molecule has 2 N–H and O–H groups in total. The fraction of sp³-hybridized carbons (Fsp3) is 0.417. The van der Waals surface area contributed by atoms with Crippen molar-refractivity contribution in [3.8, 4) is 0 Å². The third-order valence-electron chi connectivity index (χ3n) is 3.19. The molecule has 1 unspecified atom stereocenters. The van der Waals surface area contributed by atoms with Gasteiger partial charge in [-0.05, 0) is 31.5 Å². The van der Waals surface area contributed by atoms with Crippen LogP contribution >= 0.6 is 0 Å². The van der Waals surface area contributed by atoms with Crippen LogP contribution in [0, 0.1) is 5.82 Å². The number of hydrogen-bond acceptors (Lipinski definition) is 2. The fourth-order valence-corrected chi connectivity index (χ4v) is 2.35. The van der Waals surface area contributed by atoms with E-state index in [1.54, 1.807) is 0 Å². The number of pyridine rings is 1. The molecule has 0 bridgehead atoms. The Kier molecular flexibility index (Phi) is 2.36. The van der Waals surface area contributed by atoms with Crippen molar-refractivity contribution >= 4 is 11.0 Å². The van der Waals surface area contributed by atoms with Crippen LogP contribution in [0.5, 0.6) is 0 Å². The first kappa shape index (κ1) is 9.78. The van der Waals surface area contributed by atoms with Crippen molar-refractivity contribution in [3.05, 3.63) is 29.8 Å². The quantitative estimate of drug-likeness (QED) is 0.771. The van der Waals surface area contributed by atoms with Crippen molar-refractivity contribution in [3.63, 3.8) is 0 Å². The van der Waals surface area contributed by atoms with Gasteiger partial charge in [0, 0.05) is 23.5 Å². The molecule has 1 fully saturated rings. The number of hydrogen-bond donors (Lipinski definition) is 2. The molecule has 0 saturated carbocycles. The van der Waals surface area contributed by atoms with E-state index >= 15 is 0 Å². The summed E-state index contributed by atoms with van der Waals surface area (Å²) >= 11 is 0. The van der Waals surface area contributed by atoms with Crippen LogP contribution < -0.4 is 5.32 Å². The highest BCUT2D eigenvalue weighted by atomic mass is 19.1. The van der Waals surface area contributed by atoms with E-state index < -0.39 is 0 Å². The lowest BCUT2D eigenvalue weighted by Gasteiger charge is -2.21. The topological polar surface area (TPSA) is 40.7 Å². The highest BCUT2D eigenvalue weighted by molar-refractivity contribution is 5.76. The molecule has 3 nitrogen and oxygen atoms in total. The first-order valence-electron chi connectivity index (χ1n) is 5.68. The minimum absolute atomic E-state index is 0.278. The average molecular weight is 219 g/mol. The summed E-state index contributed by atoms with van der Waals surface area (Å²) in [5.74, 6) is 0.228. The Morgan fingerprint density at radius 1 is 1.38 bits per heavy atom. The van der Waals surface area contributed by atoms with Gasteiger partial charge < -0.3 is 10.3 Å². The van der Waals surface area contributed by atoms with E-state index in [4.69, 9.17) is 0 Å². The number of halogens is 1. The highest BCUT2D eigenvalue weighted by Gasteiger charge is 2.17. The molecule has 2 aromatic rings. The number of nitrogens with zero attached hydrogens (tertiary/aromatic N) is 1. The number of aromatic amines is 1. The number of nitrogens with one attached hydrogen (secondary N) is 2. The predicted molar refractivity (Wildman–Crippen MR) is 60.9 cm³/mol. The normalized spacial score (nSPS) is 21.4. The molecule has 16 heavy (non-hydrogen) atoms. The van der Waals surface area contributed by atoms with Crippen LogP contribution in [0.4, 0.5) is 4.39 Å². The van der Waals surface area contributed by atoms with Crippen LogP contribution in [0.25, 0.3) is 11.0 Å². The molecule has 1 aliphatic rings. The summed E-state index contributed by atoms with van der Waals surface area (Å²) in [4.78, 5) is 7.32. The predicted octanol–water partition coefficient (Wildman–Crippen LogP) is 2.17. The Hall–Kier alpha value is -1.42. The van der Waals surface area contributed by atoms with Gasteiger partial charge in [-0.2, -0.15) is 0 Å². The van der Waals surface area contributed by atoms with Crippen LogP contribution in [-0.2, 0) is 0 Å². The number of piperidine rings is 1. The van der Waals surface area contributed by atoms with Crippen molar-refractivity contribution in [2.75, 3.05) is 13.1 Å². The minimum Gasteiger partial charge on any atom is -0.343 e. The zero-order chi connectivity index (χ0) is 11.0. The first-order valence-corrected chi connectivity index (χ1v) is 5.68. The third-order valence-corrected chi connectivity index (χ3v) is 3.19. The second-order valence-corrected chi connectivity index (χ2v) is 4.36. The lowest BCUT2D eigenvalue weighted by molar-refractivity contribution is 0.456. The van der Waals surface area contributed by atoms with Gasteiger partial charge in [-0.1, -0.05) is 0 Å². The Morgan fingerprint density at radius 3 is 3.12 bits per heavy atom. The number of aromatic nitrogens is 2. The summed E-state index contributed by atoms with van der Waals surface area (Å²) < 4.78 is 13.0. The van der Waals surface area contributed by atoms with Crippen LogP contribution in [-0.4, -0.2) is 23.1 Å². The van der Waals surface area contributed by atoms with E-state index in [1.807, 2.05) is 6.07 Å². The van der Waals surface area contributed by atoms with E-state index in [1.165, 1.54) is 30.8 Å². The zero-order valence-electron chi connectivity index (χ0n) is 8.96. The van der Waals surface area contributed by atoms with Gasteiger partial charge in [0.2, 0.25) is 0 Å². The van der Waals surface area contributed by atoms with E-state index in [0.29, 0.717) is 5.92 Å². The Labute approximate surface area is 93.1 Å². The maximum absolute atomic E-state index is 13.0. The van der Waals surface area contributed by atoms with Crippen molar-refractivity contribution in [2.45, 2.75) is 18.8 Å². The van der Waals surface area contributed by atoms with Gasteiger partial charge >= 0.3 is 0 Å². The van der Waals surface area contributed by atoms with Crippen molar-refractivity contribution in [1.82, 2.24) is 15.3 Å². The van der Waals surface area contributed by atoms with Crippen molar-refractivity contribution in [1.29, 1.82) is 0 Å². The Morgan fingerprint density at radius 2 is 2.31 bits per heavy atom. The van der Waals surface area contributed by atoms with Gasteiger partial charge in [0.25, 0.3) is 0 Å². The summed E-state index contributed by atoms with van der Waals surface area (Å²) in [6.07, 6.45) is 3.63. The molecule has 0 radical (unpaired) electrons. The smallest absolute Gasteiger partial charge is 0.142 e. The average Bonchev–Trinajstić information content (AvgIpc) is 2.73. The maximum atomic E-state index is 13.0. The third kappa shape index (κ3) is 1.69. The van der Waals surface area contributed by atoms with Gasteiger partial charge in [-0.3, -0.25) is 0 Å². The molecule has 3 rings (SSSR count). The molecule has 2 aromatic heterocycles. The number of rotatable bonds is 1. The van der Waals surface area contributed by atoms with E-state index in [9.17, 15) is 4.39 Å². The minimum atomic E-state index is -0.278. The molecule has 1 aliphatic heterocycles. The molecule has 3 heterocycles. The summed E-state index contributed by atoms with van der Waals surface area (Å²) in [5.41, 5.74) is 1.95. The lowest BCUT2D eigenvalue weighted by Crippen LogP contribution is -2.28. The van der Waals surface area contributed by atoms with Crippen molar-refractivity contribution < 1.29 is 4.39 Å². The largest absolute Gasteiger partial charge is 0.343 e. The Bertz CT molecular complexity index is 500. The summed E-state index contributed by atoms with van der Waals surface area (Å²) in [7, 11) is 0. The molecular weight excluding hydrogens is 205 g/mol. The molecule has 0 amide bonds. The molecule has 1 saturated heterocycles. The summed E-state index contributed by atoms with van der Waals surface area (Å²) in [6.45, 7) is 2.10. The van der Waals surface area contributed by atoms with Gasteiger partial charge in [0.05, 0.1) is 6.20 Å². The first-order chi connectivity index (χ1) is 7.83. The highest BCUT2D eigenvalue weighted by Crippen LogP contribution is 2.25. The monoisotopic (exact) mass is 219 g/mol. The van der Waals surface area contributed by atoms with Crippen LogP contribution in [0.15, 0.2) is 18.3 Å². The molecule has 0 spiro atoms. The van der Waals surface area contributed by atoms with E-state index in [2.05, 4.69) is 15.3 Å². The van der Waals surface area contributed by atoms with Crippen LogP contribution in [0.2, 0.25) is 0 Å². The lowest BCUT2D eigenvalue weighted by atomic mass is 9.96. The van der Waals surface area contributed by atoms with Gasteiger partial charge in [0.1, 0.15) is 11.5 Å². The molecule has 1 atom stereocenters. The van der Waals surface area contributed by atoms with Gasteiger partial charge in [-0.15, -0.1) is 0 Å². The molecule has 0 aromatic carbocycles. The summed E-state index contributed by atoms with van der Waals surface area (Å²) in [6, 6.07) is 3.54. The van der Waals surface area contributed by atoms with E-state index in [-0.39, 0.29) is 5.82 Å². The molecule has 4 heteroatoms. The molecule has 84 valence electrons. The van der Waals surface area contributed by atoms with Crippen molar-refractivity contribution in [2.24, 2.45) is 0 Å². The second-order valence-electron chi connectivity index (χ2n) is 4.36. The van der Waals surface area contributed by atoms with E-state index in [0.717, 1.165) is 24.1 Å². The Balaban J connectivity index is 1.97. The molecule has 0 aliphatic carbocycles. The number of H-pyrrole nitrogens is 1. The standard InChI is InChI=1S/C12H14FN3/c13-10-4-9-5-11(16-12(9)15-7-10)8-2-1-3-14-6-8/h4-5,7-8,14H,1-3,6H2,(H,15,16). The van der Waals surface area contributed by atoms with Crippen LogP contribution in [0.3, 0.4) is 0 Å². The maximum Gasteiger partial charge on any atom is 0.142 e. The fourth-order valence-electron chi connectivity index (χ4n) is 2.35. The zero-order valence-corrected chi connectivity index (χ0v) is 8.96. The number of fused-ring (bicyclic) bond motifs is 1. The summed E-state index contributed by atoms with van der Waals surface area (Å²) in [5, 5.41) is 4.24.